The quantitative estimate of drug-likeness (QED) is 0.619. The van der Waals surface area contributed by atoms with Gasteiger partial charge in [-0.1, -0.05) is 31.2 Å². The zero-order chi connectivity index (χ0) is 22.6. The van der Waals surface area contributed by atoms with Gasteiger partial charge in [0.25, 0.3) is 5.91 Å². The molecule has 1 aliphatic heterocycles. The molecule has 31 heavy (non-hydrogen) atoms. The maximum Gasteiger partial charge on any atom is 0.254 e. The van der Waals surface area contributed by atoms with Gasteiger partial charge in [-0.3, -0.25) is 4.79 Å². The van der Waals surface area contributed by atoms with Crippen molar-refractivity contribution in [1.82, 2.24) is 4.90 Å². The van der Waals surface area contributed by atoms with Crippen LogP contribution in [-0.4, -0.2) is 58.1 Å². The fraction of sp³-hybridized carbons (Fsp3) is 0.435. The molecule has 0 N–H and O–H groups in total. The number of carbonyl (C=O) groups excluding carboxylic acids is 1. The highest BCUT2D eigenvalue weighted by Crippen LogP contribution is 2.39. The van der Waals surface area contributed by atoms with Crippen LogP contribution in [0.4, 0.5) is 0 Å². The number of amides is 1. The van der Waals surface area contributed by atoms with Gasteiger partial charge in [0.05, 0.1) is 32.8 Å². The summed E-state index contributed by atoms with van der Waals surface area (Å²) in [6, 6.07) is 10.8. The Balaban J connectivity index is 1.99. The largest absolute Gasteiger partial charge is 0.493 e. The van der Waals surface area contributed by atoms with Crippen LogP contribution in [0, 0.1) is 0 Å². The van der Waals surface area contributed by atoms with Crippen LogP contribution < -0.4 is 14.2 Å². The fourth-order valence-corrected chi connectivity index (χ4v) is 5.57. The molecule has 0 aliphatic carbocycles. The average Bonchev–Trinajstić information content (AvgIpc) is 3.15. The Bertz CT molecular complexity index is 1010. The summed E-state index contributed by atoms with van der Waals surface area (Å²) in [7, 11) is 1.32. The van der Waals surface area contributed by atoms with Crippen LogP contribution in [0.1, 0.15) is 34.8 Å². The van der Waals surface area contributed by atoms with E-state index in [1.807, 2.05) is 24.3 Å². The lowest BCUT2D eigenvalue weighted by Crippen LogP contribution is -2.40. The fourth-order valence-electron chi connectivity index (χ4n) is 3.84. The molecule has 1 atom stereocenters. The van der Waals surface area contributed by atoms with E-state index in [1.54, 1.807) is 17.0 Å². The van der Waals surface area contributed by atoms with Crippen molar-refractivity contribution < 1.29 is 27.4 Å². The number of carbonyl (C=O) groups is 1. The molecule has 0 bridgehead atoms. The minimum Gasteiger partial charge on any atom is -0.493 e. The minimum absolute atomic E-state index is 0.0315. The Morgan fingerprint density at radius 2 is 1.58 bits per heavy atom. The summed E-state index contributed by atoms with van der Waals surface area (Å²) in [4.78, 5) is 15.2. The van der Waals surface area contributed by atoms with Crippen LogP contribution in [0.25, 0.3) is 0 Å². The lowest BCUT2D eigenvalue weighted by atomic mass is 10.1. The Morgan fingerprint density at radius 1 is 1.00 bits per heavy atom. The molecule has 2 aromatic carbocycles. The number of methoxy groups -OCH3 is 3. The normalized spacial score (nSPS) is 17.2. The molecule has 0 saturated carbocycles. The summed E-state index contributed by atoms with van der Waals surface area (Å²) in [5, 5.41) is 0. The molecule has 2 aromatic rings. The molecule has 3 rings (SSSR count). The van der Waals surface area contributed by atoms with Gasteiger partial charge < -0.3 is 19.1 Å². The monoisotopic (exact) mass is 447 g/mol. The number of ether oxygens (including phenoxy) is 3. The Kier molecular flexibility index (Phi) is 7.10. The molecule has 0 spiro atoms. The van der Waals surface area contributed by atoms with Crippen molar-refractivity contribution in [3.8, 4) is 17.2 Å². The molecule has 0 radical (unpaired) electrons. The number of benzene rings is 2. The van der Waals surface area contributed by atoms with E-state index in [1.165, 1.54) is 26.9 Å². The van der Waals surface area contributed by atoms with Gasteiger partial charge in [-0.2, -0.15) is 0 Å². The van der Waals surface area contributed by atoms with Crippen LogP contribution in [0.15, 0.2) is 36.4 Å². The second-order valence-corrected chi connectivity index (χ2v) is 9.80. The zero-order valence-corrected chi connectivity index (χ0v) is 19.2. The first-order valence-electron chi connectivity index (χ1n) is 10.2. The number of hydrogen-bond donors (Lipinski definition) is 0. The molecule has 7 nitrogen and oxygen atoms in total. The molecule has 8 heteroatoms. The second-order valence-electron chi connectivity index (χ2n) is 7.57. The predicted octanol–water partition coefficient (Wildman–Crippen LogP) is 3.10. The van der Waals surface area contributed by atoms with Crippen molar-refractivity contribution >= 4 is 15.7 Å². The van der Waals surface area contributed by atoms with Gasteiger partial charge in [0.2, 0.25) is 5.75 Å². The molecule has 0 unspecified atom stereocenters. The molecule has 1 amide bonds. The van der Waals surface area contributed by atoms with Gasteiger partial charge in [-0.25, -0.2) is 8.42 Å². The maximum atomic E-state index is 13.6. The van der Waals surface area contributed by atoms with Crippen LogP contribution in [-0.2, 0) is 22.8 Å². The summed E-state index contributed by atoms with van der Waals surface area (Å²) in [6.07, 6.45) is 1.35. The van der Waals surface area contributed by atoms with Gasteiger partial charge in [0.15, 0.2) is 21.3 Å². The van der Waals surface area contributed by atoms with Gasteiger partial charge in [-0.15, -0.1) is 0 Å². The number of sulfone groups is 1. The number of rotatable bonds is 8. The van der Waals surface area contributed by atoms with Crippen LogP contribution in [0.3, 0.4) is 0 Å². The first-order chi connectivity index (χ1) is 14.8. The van der Waals surface area contributed by atoms with E-state index in [-0.39, 0.29) is 23.5 Å². The highest BCUT2D eigenvalue weighted by molar-refractivity contribution is 7.91. The Labute approximate surface area is 183 Å². The van der Waals surface area contributed by atoms with Gasteiger partial charge in [0.1, 0.15) is 0 Å². The van der Waals surface area contributed by atoms with E-state index < -0.39 is 9.84 Å². The summed E-state index contributed by atoms with van der Waals surface area (Å²) in [6.45, 7) is 2.40. The standard InChI is InChI=1S/C23H29NO6S/c1-5-16-6-8-17(9-7-16)14-24(19-10-11-31(26,27)15-19)23(25)18-12-20(28-2)22(30-4)21(13-18)29-3/h6-9,12-13,19H,5,10-11,14-15H2,1-4H3/t19-/m0/s1. The highest BCUT2D eigenvalue weighted by Gasteiger charge is 2.35. The van der Waals surface area contributed by atoms with Crippen molar-refractivity contribution in [1.29, 1.82) is 0 Å². The van der Waals surface area contributed by atoms with Gasteiger partial charge in [0, 0.05) is 18.2 Å². The SMILES string of the molecule is CCc1ccc(CN(C(=O)c2cc(OC)c(OC)c(OC)c2)[C@H]2CCS(=O)(=O)C2)cc1. The minimum atomic E-state index is -3.16. The summed E-state index contributed by atoms with van der Waals surface area (Å²) in [5.74, 6) is 0.919. The lowest BCUT2D eigenvalue weighted by molar-refractivity contribution is 0.0680. The van der Waals surface area contributed by atoms with Crippen LogP contribution in [0.2, 0.25) is 0 Å². The van der Waals surface area contributed by atoms with E-state index >= 15 is 0 Å². The van der Waals surface area contributed by atoms with Crippen molar-refractivity contribution in [2.75, 3.05) is 32.8 Å². The summed E-state index contributed by atoms with van der Waals surface area (Å²) < 4.78 is 40.4. The third-order valence-corrected chi connectivity index (χ3v) is 7.36. The number of hydrogen-bond acceptors (Lipinski definition) is 6. The van der Waals surface area contributed by atoms with Crippen molar-refractivity contribution in [2.24, 2.45) is 0 Å². The van der Waals surface area contributed by atoms with E-state index in [4.69, 9.17) is 14.2 Å². The zero-order valence-electron chi connectivity index (χ0n) is 18.4. The van der Waals surface area contributed by atoms with E-state index in [2.05, 4.69) is 6.92 Å². The Hall–Kier alpha value is -2.74. The number of aryl methyl sites for hydroxylation is 1. The molecular formula is C23H29NO6S. The van der Waals surface area contributed by atoms with Crippen molar-refractivity contribution in [3.05, 3.63) is 53.1 Å². The van der Waals surface area contributed by atoms with Crippen LogP contribution in [0.5, 0.6) is 17.2 Å². The van der Waals surface area contributed by atoms with Crippen LogP contribution >= 0.6 is 0 Å². The first kappa shape index (κ1) is 22.9. The molecular weight excluding hydrogens is 418 g/mol. The maximum absolute atomic E-state index is 13.6. The smallest absolute Gasteiger partial charge is 0.254 e. The van der Waals surface area contributed by atoms with Crippen molar-refractivity contribution in [2.45, 2.75) is 32.4 Å². The highest BCUT2D eigenvalue weighted by atomic mass is 32.2. The van der Waals surface area contributed by atoms with E-state index in [0.717, 1.165) is 12.0 Å². The Morgan fingerprint density at radius 3 is 2.03 bits per heavy atom. The molecule has 1 aliphatic rings. The summed E-state index contributed by atoms with van der Waals surface area (Å²) >= 11 is 0. The van der Waals surface area contributed by atoms with Gasteiger partial charge in [-0.05, 0) is 36.1 Å². The first-order valence-corrected chi connectivity index (χ1v) is 12.0. The topological polar surface area (TPSA) is 82.1 Å². The molecule has 1 saturated heterocycles. The van der Waals surface area contributed by atoms with Gasteiger partial charge >= 0.3 is 0 Å². The third-order valence-electron chi connectivity index (χ3n) is 5.61. The second kappa shape index (κ2) is 9.60. The average molecular weight is 448 g/mol. The molecule has 168 valence electrons. The number of nitrogens with zero attached hydrogens (tertiary/aromatic N) is 1. The lowest BCUT2D eigenvalue weighted by Gasteiger charge is -2.29. The molecule has 1 fully saturated rings. The summed E-state index contributed by atoms with van der Waals surface area (Å²) in [5.41, 5.74) is 2.50. The molecule has 0 aromatic heterocycles. The van der Waals surface area contributed by atoms with E-state index in [0.29, 0.717) is 35.8 Å². The predicted molar refractivity (Wildman–Crippen MR) is 119 cm³/mol. The molecule has 1 heterocycles. The van der Waals surface area contributed by atoms with Crippen molar-refractivity contribution in [3.63, 3.8) is 0 Å². The third kappa shape index (κ3) is 5.12. The van der Waals surface area contributed by atoms with E-state index in [9.17, 15) is 13.2 Å².